The normalized spacial score (nSPS) is 17.9. The summed E-state index contributed by atoms with van der Waals surface area (Å²) in [7, 11) is 0. The van der Waals surface area contributed by atoms with Crippen molar-refractivity contribution in [3.8, 4) is 0 Å². The summed E-state index contributed by atoms with van der Waals surface area (Å²) in [6.45, 7) is 2.57. The number of hydrogen-bond acceptors (Lipinski definition) is 4. The molecule has 8 heteroatoms. The van der Waals surface area contributed by atoms with Crippen LogP contribution in [0.25, 0.3) is 0 Å². The third kappa shape index (κ3) is 3.04. The van der Waals surface area contributed by atoms with Crippen LogP contribution in [0.3, 0.4) is 0 Å². The highest BCUT2D eigenvalue weighted by Gasteiger charge is 2.28. The molecule has 126 valence electrons. The quantitative estimate of drug-likeness (QED) is 0.904. The van der Waals surface area contributed by atoms with Crippen LogP contribution in [0.4, 0.5) is 20.7 Å². The van der Waals surface area contributed by atoms with Crippen molar-refractivity contribution < 1.29 is 9.18 Å². The average molecular weight is 330 g/mol. The lowest BCUT2D eigenvalue weighted by Crippen LogP contribution is -2.50. The Labute approximate surface area is 138 Å². The van der Waals surface area contributed by atoms with Gasteiger partial charge < -0.3 is 15.1 Å². The Hall–Kier alpha value is -2.64. The maximum Gasteiger partial charge on any atom is 0.322 e. The van der Waals surface area contributed by atoms with Crippen LogP contribution in [-0.4, -0.2) is 52.3 Å². The molecule has 4 rings (SSSR count). The highest BCUT2D eigenvalue weighted by atomic mass is 19.1. The van der Waals surface area contributed by atoms with Gasteiger partial charge in [-0.25, -0.2) is 9.18 Å². The van der Waals surface area contributed by atoms with E-state index in [2.05, 4.69) is 31.5 Å². The second-order valence-electron chi connectivity index (χ2n) is 6.22. The number of aromatic nitrogens is 3. The van der Waals surface area contributed by atoms with Gasteiger partial charge in [-0.15, -0.1) is 0 Å². The standard InChI is InChI=1S/C16H19FN6O/c17-12-10-18-4-3-13(12)19-16(24)23-7-5-22(6-8-23)15-9-14(20-21-15)11-1-2-11/h3-4,9-11H,1-2,5-8H2,(H,20,21)(H,18,19,24). The number of rotatable bonds is 3. The molecule has 3 heterocycles. The van der Waals surface area contributed by atoms with E-state index in [4.69, 9.17) is 0 Å². The number of amides is 2. The van der Waals surface area contributed by atoms with E-state index in [1.54, 1.807) is 4.90 Å². The largest absolute Gasteiger partial charge is 0.352 e. The van der Waals surface area contributed by atoms with Crippen LogP contribution in [0, 0.1) is 5.82 Å². The summed E-state index contributed by atoms with van der Waals surface area (Å²) in [5.74, 6) is 1.05. The molecule has 1 aliphatic heterocycles. The molecule has 2 fully saturated rings. The molecule has 0 radical (unpaired) electrons. The van der Waals surface area contributed by atoms with Crippen molar-refractivity contribution in [3.05, 3.63) is 36.0 Å². The van der Waals surface area contributed by atoms with E-state index >= 15 is 0 Å². The summed E-state index contributed by atoms with van der Waals surface area (Å²) in [6, 6.07) is 3.27. The van der Waals surface area contributed by atoms with Crippen LogP contribution in [0.2, 0.25) is 0 Å². The Morgan fingerprint density at radius 3 is 2.79 bits per heavy atom. The number of piperazine rings is 1. The van der Waals surface area contributed by atoms with Gasteiger partial charge in [-0.2, -0.15) is 5.10 Å². The van der Waals surface area contributed by atoms with Gasteiger partial charge in [0.05, 0.1) is 11.9 Å². The minimum atomic E-state index is -0.534. The summed E-state index contributed by atoms with van der Waals surface area (Å²) in [6.07, 6.45) is 5.01. The zero-order chi connectivity index (χ0) is 16.5. The molecule has 0 unspecified atom stereocenters. The second kappa shape index (κ2) is 6.10. The molecule has 2 aliphatic rings. The lowest BCUT2D eigenvalue weighted by Gasteiger charge is -2.34. The molecule has 7 nitrogen and oxygen atoms in total. The fourth-order valence-corrected chi connectivity index (χ4v) is 2.90. The third-order valence-electron chi connectivity index (χ3n) is 4.51. The number of H-pyrrole nitrogens is 1. The zero-order valence-corrected chi connectivity index (χ0v) is 13.2. The number of anilines is 2. The first-order valence-corrected chi connectivity index (χ1v) is 8.16. The van der Waals surface area contributed by atoms with Gasteiger partial charge in [0.1, 0.15) is 0 Å². The molecular formula is C16H19FN6O. The van der Waals surface area contributed by atoms with E-state index in [0.29, 0.717) is 32.1 Å². The van der Waals surface area contributed by atoms with Crippen molar-refractivity contribution in [1.29, 1.82) is 0 Å². The van der Waals surface area contributed by atoms with Crippen molar-refractivity contribution in [2.75, 3.05) is 36.4 Å². The molecule has 2 aromatic heterocycles. The number of aromatic amines is 1. The van der Waals surface area contributed by atoms with Crippen LogP contribution >= 0.6 is 0 Å². The van der Waals surface area contributed by atoms with Gasteiger partial charge in [-0.3, -0.25) is 10.1 Å². The van der Waals surface area contributed by atoms with Crippen molar-refractivity contribution in [2.45, 2.75) is 18.8 Å². The Balaban J connectivity index is 1.33. The molecule has 24 heavy (non-hydrogen) atoms. The van der Waals surface area contributed by atoms with Gasteiger partial charge in [0.25, 0.3) is 0 Å². The monoisotopic (exact) mass is 330 g/mol. The van der Waals surface area contributed by atoms with Crippen molar-refractivity contribution in [2.24, 2.45) is 0 Å². The Morgan fingerprint density at radius 2 is 2.08 bits per heavy atom. The number of nitrogens with one attached hydrogen (secondary N) is 2. The van der Waals surface area contributed by atoms with Crippen LogP contribution in [-0.2, 0) is 0 Å². The second-order valence-corrected chi connectivity index (χ2v) is 6.22. The number of pyridine rings is 1. The van der Waals surface area contributed by atoms with Gasteiger partial charge in [0, 0.05) is 50.1 Å². The molecule has 2 aromatic rings. The Kier molecular flexibility index (Phi) is 3.79. The average Bonchev–Trinajstić information content (AvgIpc) is 3.34. The van der Waals surface area contributed by atoms with Gasteiger partial charge in [0.2, 0.25) is 0 Å². The first kappa shape index (κ1) is 14.9. The van der Waals surface area contributed by atoms with Crippen molar-refractivity contribution >= 4 is 17.5 Å². The molecule has 1 aliphatic carbocycles. The highest BCUT2D eigenvalue weighted by Crippen LogP contribution is 2.39. The van der Waals surface area contributed by atoms with Crippen LogP contribution in [0.15, 0.2) is 24.5 Å². The van der Waals surface area contributed by atoms with Crippen LogP contribution in [0.5, 0.6) is 0 Å². The number of carbonyl (C=O) groups is 1. The molecule has 2 amide bonds. The fourth-order valence-electron chi connectivity index (χ4n) is 2.90. The molecule has 0 aromatic carbocycles. The Bertz CT molecular complexity index is 736. The van der Waals surface area contributed by atoms with Crippen molar-refractivity contribution in [1.82, 2.24) is 20.1 Å². The topological polar surface area (TPSA) is 77.2 Å². The predicted molar refractivity (Wildman–Crippen MR) is 87.6 cm³/mol. The molecule has 1 saturated carbocycles. The SMILES string of the molecule is O=C(Nc1ccncc1F)N1CCN(c2cc(C3CC3)[nH]n2)CC1. The zero-order valence-electron chi connectivity index (χ0n) is 13.2. The summed E-state index contributed by atoms with van der Waals surface area (Å²) >= 11 is 0. The lowest BCUT2D eigenvalue weighted by atomic mass is 10.2. The summed E-state index contributed by atoms with van der Waals surface area (Å²) in [4.78, 5) is 19.8. The van der Waals surface area contributed by atoms with Gasteiger partial charge in [0.15, 0.2) is 11.6 Å². The highest BCUT2D eigenvalue weighted by molar-refractivity contribution is 5.89. The maximum absolute atomic E-state index is 13.6. The smallest absolute Gasteiger partial charge is 0.322 e. The summed E-state index contributed by atoms with van der Waals surface area (Å²) in [5, 5.41) is 10.1. The lowest BCUT2D eigenvalue weighted by molar-refractivity contribution is 0.208. The first-order valence-electron chi connectivity index (χ1n) is 8.16. The first-order chi connectivity index (χ1) is 11.7. The molecule has 1 saturated heterocycles. The molecule has 2 N–H and O–H groups in total. The molecule has 0 bridgehead atoms. The number of carbonyl (C=O) groups excluding carboxylic acids is 1. The molecule has 0 spiro atoms. The van der Waals surface area contributed by atoms with Crippen LogP contribution in [0.1, 0.15) is 24.5 Å². The Morgan fingerprint density at radius 1 is 1.29 bits per heavy atom. The molecular weight excluding hydrogens is 311 g/mol. The van der Waals surface area contributed by atoms with E-state index in [1.165, 1.54) is 30.8 Å². The maximum atomic E-state index is 13.6. The van der Waals surface area contributed by atoms with Gasteiger partial charge in [-0.1, -0.05) is 0 Å². The number of hydrogen-bond donors (Lipinski definition) is 2. The minimum absolute atomic E-state index is 0.152. The van der Waals surface area contributed by atoms with E-state index in [0.717, 1.165) is 12.0 Å². The van der Waals surface area contributed by atoms with Gasteiger partial charge in [-0.05, 0) is 18.9 Å². The van der Waals surface area contributed by atoms with Crippen molar-refractivity contribution in [3.63, 3.8) is 0 Å². The number of urea groups is 1. The van der Waals surface area contributed by atoms with E-state index in [1.807, 2.05) is 0 Å². The number of nitrogens with zero attached hydrogens (tertiary/aromatic N) is 4. The minimum Gasteiger partial charge on any atom is -0.352 e. The third-order valence-corrected chi connectivity index (χ3v) is 4.51. The summed E-state index contributed by atoms with van der Waals surface area (Å²) in [5.41, 5.74) is 1.36. The van der Waals surface area contributed by atoms with E-state index < -0.39 is 5.82 Å². The fraction of sp³-hybridized carbons (Fsp3) is 0.438. The summed E-state index contributed by atoms with van der Waals surface area (Å²) < 4.78 is 13.6. The number of halogens is 1. The van der Waals surface area contributed by atoms with Gasteiger partial charge >= 0.3 is 6.03 Å². The van der Waals surface area contributed by atoms with E-state index in [-0.39, 0.29) is 11.7 Å². The van der Waals surface area contributed by atoms with E-state index in [9.17, 15) is 9.18 Å². The predicted octanol–water partition coefficient (Wildman–Crippen LogP) is 2.18. The molecule has 0 atom stereocenters. The van der Waals surface area contributed by atoms with Crippen LogP contribution < -0.4 is 10.2 Å².